The Bertz CT molecular complexity index is 1300. The SMILES string of the molecule is OC(COc1c(Cl)cc(Cl)cc1Cl)(c1ccc2c(cnn2-c2ccc(F)cc2)c1)C(F)(F)F. The monoisotopic (exact) mass is 518 g/mol. The Morgan fingerprint density at radius 3 is 2.18 bits per heavy atom. The maximum absolute atomic E-state index is 14.0. The topological polar surface area (TPSA) is 47.3 Å². The molecule has 11 heteroatoms. The summed E-state index contributed by atoms with van der Waals surface area (Å²) in [5, 5.41) is 15.1. The van der Waals surface area contributed by atoms with Gasteiger partial charge in [0.1, 0.15) is 12.4 Å². The van der Waals surface area contributed by atoms with E-state index in [9.17, 15) is 22.7 Å². The number of nitrogens with zero attached hydrogens (tertiary/aromatic N) is 2. The van der Waals surface area contributed by atoms with Crippen LogP contribution in [0.5, 0.6) is 5.75 Å². The van der Waals surface area contributed by atoms with Crippen molar-refractivity contribution in [2.75, 3.05) is 6.61 Å². The molecule has 3 aromatic carbocycles. The van der Waals surface area contributed by atoms with Crippen molar-refractivity contribution in [3.63, 3.8) is 0 Å². The van der Waals surface area contributed by atoms with Gasteiger partial charge in [-0.15, -0.1) is 0 Å². The Kier molecular flexibility index (Phi) is 6.22. The van der Waals surface area contributed by atoms with Gasteiger partial charge in [0.2, 0.25) is 5.60 Å². The van der Waals surface area contributed by atoms with Crippen LogP contribution in [0.4, 0.5) is 17.6 Å². The van der Waals surface area contributed by atoms with Crippen molar-refractivity contribution in [2.24, 2.45) is 0 Å². The third-order valence-corrected chi connectivity index (χ3v) is 5.75. The smallest absolute Gasteiger partial charge is 0.424 e. The normalized spacial score (nSPS) is 13.8. The number of benzene rings is 3. The molecule has 33 heavy (non-hydrogen) atoms. The summed E-state index contributed by atoms with van der Waals surface area (Å²) in [6, 6.07) is 11.6. The van der Waals surface area contributed by atoms with E-state index in [1.54, 1.807) is 0 Å². The molecule has 0 aliphatic heterocycles. The Labute approximate surface area is 199 Å². The van der Waals surface area contributed by atoms with Crippen LogP contribution in [-0.2, 0) is 5.60 Å². The Hall–Kier alpha value is -2.52. The van der Waals surface area contributed by atoms with Crippen molar-refractivity contribution in [1.82, 2.24) is 9.78 Å². The molecule has 0 radical (unpaired) electrons. The fraction of sp³-hybridized carbons (Fsp3) is 0.136. The highest BCUT2D eigenvalue weighted by molar-refractivity contribution is 6.40. The van der Waals surface area contributed by atoms with Gasteiger partial charge in [0, 0.05) is 10.4 Å². The summed E-state index contributed by atoms with van der Waals surface area (Å²) in [5.41, 5.74) is -2.88. The van der Waals surface area contributed by atoms with Gasteiger partial charge < -0.3 is 9.84 Å². The summed E-state index contributed by atoms with van der Waals surface area (Å²) >= 11 is 17.8. The molecule has 172 valence electrons. The Balaban J connectivity index is 1.71. The number of halogens is 7. The number of fused-ring (bicyclic) bond motifs is 1. The number of alkyl halides is 3. The summed E-state index contributed by atoms with van der Waals surface area (Å²) in [6.07, 6.45) is -3.76. The first-order chi connectivity index (χ1) is 15.5. The zero-order valence-electron chi connectivity index (χ0n) is 16.4. The van der Waals surface area contributed by atoms with Crippen LogP contribution in [0.3, 0.4) is 0 Å². The molecule has 1 N–H and O–H groups in total. The molecule has 0 bridgehead atoms. The van der Waals surface area contributed by atoms with Crippen molar-refractivity contribution in [3.05, 3.63) is 87.2 Å². The van der Waals surface area contributed by atoms with Gasteiger partial charge in [-0.05, 0) is 54.1 Å². The highest BCUT2D eigenvalue weighted by Crippen LogP contribution is 2.42. The number of aromatic nitrogens is 2. The lowest BCUT2D eigenvalue weighted by atomic mass is 9.93. The first kappa shape index (κ1) is 23.6. The zero-order valence-corrected chi connectivity index (χ0v) is 18.6. The lowest BCUT2D eigenvalue weighted by Crippen LogP contribution is -2.47. The van der Waals surface area contributed by atoms with Gasteiger partial charge in [-0.3, -0.25) is 0 Å². The summed E-state index contributed by atoms with van der Waals surface area (Å²) in [5.74, 6) is -0.677. The minimum Gasteiger partial charge on any atom is -0.487 e. The molecule has 4 rings (SSSR count). The van der Waals surface area contributed by atoms with E-state index in [1.807, 2.05) is 0 Å². The minimum atomic E-state index is -5.10. The average Bonchev–Trinajstić information content (AvgIpc) is 3.16. The van der Waals surface area contributed by atoms with Gasteiger partial charge in [-0.1, -0.05) is 40.9 Å². The van der Waals surface area contributed by atoms with Crippen LogP contribution in [0.15, 0.2) is 60.8 Å². The molecule has 0 amide bonds. The molecule has 4 aromatic rings. The van der Waals surface area contributed by atoms with Crippen LogP contribution >= 0.6 is 34.8 Å². The van der Waals surface area contributed by atoms with E-state index in [4.69, 9.17) is 39.5 Å². The zero-order chi connectivity index (χ0) is 24.0. The fourth-order valence-corrected chi connectivity index (χ4v) is 4.18. The third kappa shape index (κ3) is 4.48. The van der Waals surface area contributed by atoms with E-state index in [0.717, 1.165) is 12.1 Å². The number of hydrogen-bond acceptors (Lipinski definition) is 3. The number of ether oxygens (including phenoxy) is 1. The second-order valence-corrected chi connectivity index (χ2v) is 8.40. The summed E-state index contributed by atoms with van der Waals surface area (Å²) in [6.45, 7) is -1.21. The second-order valence-electron chi connectivity index (χ2n) is 7.15. The van der Waals surface area contributed by atoms with Crippen LogP contribution < -0.4 is 4.74 Å². The number of rotatable bonds is 5. The van der Waals surface area contributed by atoms with Gasteiger partial charge >= 0.3 is 6.18 Å². The predicted molar refractivity (Wildman–Crippen MR) is 118 cm³/mol. The lowest BCUT2D eigenvalue weighted by Gasteiger charge is -2.31. The van der Waals surface area contributed by atoms with Gasteiger partial charge in [0.15, 0.2) is 5.75 Å². The number of aliphatic hydroxyl groups is 1. The second kappa shape index (κ2) is 8.68. The Morgan fingerprint density at radius 1 is 0.939 bits per heavy atom. The van der Waals surface area contributed by atoms with Crippen LogP contribution in [0.25, 0.3) is 16.6 Å². The molecular formula is C22H13Cl3F4N2O2. The first-order valence-corrected chi connectivity index (χ1v) is 10.4. The molecule has 1 heterocycles. The quantitative estimate of drug-likeness (QED) is 0.290. The molecular weight excluding hydrogens is 507 g/mol. The van der Waals surface area contributed by atoms with E-state index in [0.29, 0.717) is 16.6 Å². The van der Waals surface area contributed by atoms with Crippen LogP contribution in [0, 0.1) is 5.82 Å². The summed E-state index contributed by atoms with van der Waals surface area (Å²) < 4.78 is 61.8. The van der Waals surface area contributed by atoms with Crippen LogP contribution in [0.2, 0.25) is 15.1 Å². The molecule has 0 spiro atoms. The molecule has 1 unspecified atom stereocenters. The van der Waals surface area contributed by atoms with E-state index in [-0.39, 0.29) is 20.8 Å². The van der Waals surface area contributed by atoms with Gasteiger partial charge in [-0.25, -0.2) is 9.07 Å². The van der Waals surface area contributed by atoms with Crippen molar-refractivity contribution >= 4 is 45.7 Å². The van der Waals surface area contributed by atoms with Crippen LogP contribution in [-0.4, -0.2) is 27.7 Å². The summed E-state index contributed by atoms with van der Waals surface area (Å²) in [4.78, 5) is 0. The van der Waals surface area contributed by atoms with E-state index < -0.39 is 29.8 Å². The first-order valence-electron chi connectivity index (χ1n) is 9.30. The highest BCUT2D eigenvalue weighted by Gasteiger charge is 2.56. The van der Waals surface area contributed by atoms with Gasteiger partial charge in [0.25, 0.3) is 0 Å². The number of hydrogen-bond donors (Lipinski definition) is 1. The van der Waals surface area contributed by atoms with Crippen molar-refractivity contribution in [2.45, 2.75) is 11.8 Å². The fourth-order valence-electron chi connectivity index (χ4n) is 3.25. The largest absolute Gasteiger partial charge is 0.487 e. The third-order valence-electron chi connectivity index (χ3n) is 4.97. The van der Waals surface area contributed by atoms with Crippen LogP contribution in [0.1, 0.15) is 5.56 Å². The molecule has 1 atom stereocenters. The molecule has 4 nitrogen and oxygen atoms in total. The molecule has 0 aliphatic rings. The van der Waals surface area contributed by atoms with Crippen molar-refractivity contribution < 1.29 is 27.4 Å². The average molecular weight is 520 g/mol. The summed E-state index contributed by atoms with van der Waals surface area (Å²) in [7, 11) is 0. The Morgan fingerprint density at radius 2 is 1.58 bits per heavy atom. The molecule has 0 fully saturated rings. The highest BCUT2D eigenvalue weighted by atomic mass is 35.5. The predicted octanol–water partition coefficient (Wildman–Crippen LogP) is 6.95. The van der Waals surface area contributed by atoms with Crippen molar-refractivity contribution in [3.8, 4) is 11.4 Å². The van der Waals surface area contributed by atoms with Crippen molar-refractivity contribution in [1.29, 1.82) is 0 Å². The van der Waals surface area contributed by atoms with E-state index >= 15 is 0 Å². The van der Waals surface area contributed by atoms with Gasteiger partial charge in [-0.2, -0.15) is 18.3 Å². The van der Waals surface area contributed by atoms with Gasteiger partial charge in [0.05, 0.1) is 27.4 Å². The maximum Gasteiger partial charge on any atom is 0.424 e. The van der Waals surface area contributed by atoms with E-state index in [2.05, 4.69) is 5.10 Å². The standard InChI is InChI=1S/C22H13Cl3F4N2O2/c23-14-8-17(24)20(18(25)9-14)33-11-21(32,22(27,28)29)13-1-6-19-12(7-13)10-30-31(19)16-4-2-15(26)3-5-16/h1-10,32H,11H2. The maximum atomic E-state index is 14.0. The lowest BCUT2D eigenvalue weighted by molar-refractivity contribution is -0.275. The molecule has 0 aliphatic carbocycles. The molecule has 0 saturated heterocycles. The molecule has 0 saturated carbocycles. The molecule has 1 aromatic heterocycles. The van der Waals surface area contributed by atoms with E-state index in [1.165, 1.54) is 53.3 Å². The minimum absolute atomic E-state index is 0.104.